The predicted octanol–water partition coefficient (Wildman–Crippen LogP) is 2.61. The molecule has 2 rings (SSSR count). The van der Waals surface area contributed by atoms with E-state index in [0.29, 0.717) is 0 Å². The molecule has 58 valence electrons. The first-order valence-electron chi connectivity index (χ1n) is 4.21. The standard InChI is InChI=1S/C10H13N/c1-8-6-7-11-10-5-3-2-4-9(8)10/h2-5,8,11H,6-7H2,1H3. The van der Waals surface area contributed by atoms with E-state index in [0.717, 1.165) is 12.5 Å². The first-order valence-corrected chi connectivity index (χ1v) is 4.21. The van der Waals surface area contributed by atoms with Crippen LogP contribution in [0.1, 0.15) is 24.8 Å². The molecule has 0 radical (unpaired) electrons. The second-order valence-corrected chi connectivity index (χ2v) is 3.20. The van der Waals surface area contributed by atoms with Crippen molar-refractivity contribution in [2.75, 3.05) is 11.9 Å². The van der Waals surface area contributed by atoms with Crippen LogP contribution in [0.15, 0.2) is 24.3 Å². The summed E-state index contributed by atoms with van der Waals surface area (Å²) in [5.41, 5.74) is 2.80. The average Bonchev–Trinajstić information content (AvgIpc) is 2.06. The molecule has 1 heteroatoms. The highest BCUT2D eigenvalue weighted by Crippen LogP contribution is 2.30. The second kappa shape index (κ2) is 2.57. The molecule has 0 amide bonds. The van der Waals surface area contributed by atoms with Gasteiger partial charge >= 0.3 is 0 Å². The third-order valence-corrected chi connectivity index (χ3v) is 2.38. The van der Waals surface area contributed by atoms with Crippen LogP contribution in [0.2, 0.25) is 0 Å². The van der Waals surface area contributed by atoms with Gasteiger partial charge in [0.05, 0.1) is 0 Å². The number of hydrogen-bond donors (Lipinski definition) is 1. The molecule has 0 bridgehead atoms. The zero-order valence-electron chi connectivity index (χ0n) is 6.80. The van der Waals surface area contributed by atoms with Gasteiger partial charge in [0.2, 0.25) is 0 Å². The van der Waals surface area contributed by atoms with E-state index >= 15 is 0 Å². The van der Waals surface area contributed by atoms with Gasteiger partial charge in [-0.2, -0.15) is 0 Å². The van der Waals surface area contributed by atoms with Crippen LogP contribution >= 0.6 is 0 Å². The predicted molar refractivity (Wildman–Crippen MR) is 48.0 cm³/mol. The molecule has 1 heterocycles. The van der Waals surface area contributed by atoms with Gasteiger partial charge in [-0.05, 0) is 24.0 Å². The summed E-state index contributed by atoms with van der Waals surface area (Å²) in [6.45, 7) is 3.41. The van der Waals surface area contributed by atoms with Crippen molar-refractivity contribution in [3.05, 3.63) is 29.8 Å². The Morgan fingerprint density at radius 1 is 1.36 bits per heavy atom. The van der Waals surface area contributed by atoms with Crippen molar-refractivity contribution in [3.63, 3.8) is 0 Å². The van der Waals surface area contributed by atoms with E-state index in [1.807, 2.05) is 0 Å². The molecule has 0 aromatic heterocycles. The van der Waals surface area contributed by atoms with Crippen LogP contribution in [-0.4, -0.2) is 6.54 Å². The minimum absolute atomic E-state index is 0.729. The lowest BCUT2D eigenvalue weighted by Crippen LogP contribution is -2.14. The molecular formula is C10H13N. The summed E-state index contributed by atoms with van der Waals surface area (Å²) in [5, 5.41) is 3.39. The molecule has 1 unspecified atom stereocenters. The lowest BCUT2D eigenvalue weighted by molar-refractivity contribution is 0.684. The Balaban J connectivity index is 2.44. The highest BCUT2D eigenvalue weighted by molar-refractivity contribution is 5.54. The molecular weight excluding hydrogens is 134 g/mol. The molecule has 0 saturated carbocycles. The molecule has 1 aromatic rings. The van der Waals surface area contributed by atoms with Crippen molar-refractivity contribution in [1.82, 2.24) is 0 Å². The molecule has 1 aromatic carbocycles. The van der Waals surface area contributed by atoms with Crippen LogP contribution in [0.3, 0.4) is 0 Å². The van der Waals surface area contributed by atoms with E-state index < -0.39 is 0 Å². The van der Waals surface area contributed by atoms with E-state index in [1.54, 1.807) is 0 Å². The van der Waals surface area contributed by atoms with Gasteiger partial charge in [0.25, 0.3) is 0 Å². The minimum atomic E-state index is 0.729. The zero-order chi connectivity index (χ0) is 7.68. The number of fused-ring (bicyclic) bond motifs is 1. The van der Waals surface area contributed by atoms with Crippen molar-refractivity contribution in [1.29, 1.82) is 0 Å². The molecule has 1 atom stereocenters. The van der Waals surface area contributed by atoms with Crippen LogP contribution in [-0.2, 0) is 0 Å². The van der Waals surface area contributed by atoms with Crippen molar-refractivity contribution >= 4 is 5.69 Å². The summed E-state index contributed by atoms with van der Waals surface area (Å²) < 4.78 is 0. The summed E-state index contributed by atoms with van der Waals surface area (Å²) >= 11 is 0. The summed E-state index contributed by atoms with van der Waals surface area (Å²) in [4.78, 5) is 0. The first kappa shape index (κ1) is 6.71. The lowest BCUT2D eigenvalue weighted by Gasteiger charge is -2.23. The van der Waals surface area contributed by atoms with Crippen molar-refractivity contribution in [2.45, 2.75) is 19.3 Å². The monoisotopic (exact) mass is 147 g/mol. The SMILES string of the molecule is CC1CCNc2ccccc21. The first-order chi connectivity index (χ1) is 5.38. The Morgan fingerprint density at radius 3 is 3.00 bits per heavy atom. The maximum absolute atomic E-state index is 3.39. The fraction of sp³-hybridized carbons (Fsp3) is 0.400. The average molecular weight is 147 g/mol. The third-order valence-electron chi connectivity index (χ3n) is 2.38. The molecule has 0 spiro atoms. The Hall–Kier alpha value is -0.980. The van der Waals surface area contributed by atoms with Crippen LogP contribution in [0.5, 0.6) is 0 Å². The highest BCUT2D eigenvalue weighted by atomic mass is 14.9. The van der Waals surface area contributed by atoms with Crippen LogP contribution in [0, 0.1) is 0 Å². The highest BCUT2D eigenvalue weighted by Gasteiger charge is 2.13. The normalized spacial score (nSPS) is 22.1. The number of anilines is 1. The Labute approximate surface area is 67.4 Å². The van der Waals surface area contributed by atoms with Gasteiger partial charge in [-0.1, -0.05) is 25.1 Å². The molecule has 1 aliphatic heterocycles. The molecule has 0 fully saturated rings. The van der Waals surface area contributed by atoms with E-state index in [2.05, 4.69) is 36.5 Å². The second-order valence-electron chi connectivity index (χ2n) is 3.20. The van der Waals surface area contributed by atoms with Gasteiger partial charge in [-0.3, -0.25) is 0 Å². The Kier molecular flexibility index (Phi) is 1.57. The van der Waals surface area contributed by atoms with Crippen molar-refractivity contribution < 1.29 is 0 Å². The van der Waals surface area contributed by atoms with Crippen LogP contribution in [0.25, 0.3) is 0 Å². The molecule has 1 nitrogen and oxygen atoms in total. The molecule has 1 N–H and O–H groups in total. The summed E-state index contributed by atoms with van der Waals surface area (Å²) in [6, 6.07) is 8.57. The number of benzene rings is 1. The molecule has 0 saturated heterocycles. The third kappa shape index (κ3) is 1.11. The Bertz CT molecular complexity index is 255. The number of hydrogen-bond acceptors (Lipinski definition) is 1. The number of nitrogens with one attached hydrogen (secondary N) is 1. The smallest absolute Gasteiger partial charge is 0.0375 e. The maximum atomic E-state index is 3.39. The van der Waals surface area contributed by atoms with Crippen molar-refractivity contribution in [3.8, 4) is 0 Å². The van der Waals surface area contributed by atoms with Crippen molar-refractivity contribution in [2.24, 2.45) is 0 Å². The summed E-state index contributed by atoms with van der Waals surface area (Å²) in [6.07, 6.45) is 1.26. The van der Waals surface area contributed by atoms with E-state index in [4.69, 9.17) is 0 Å². The van der Waals surface area contributed by atoms with Gasteiger partial charge < -0.3 is 5.32 Å². The zero-order valence-corrected chi connectivity index (χ0v) is 6.80. The Morgan fingerprint density at radius 2 is 2.18 bits per heavy atom. The fourth-order valence-corrected chi connectivity index (χ4v) is 1.67. The van der Waals surface area contributed by atoms with E-state index in [-0.39, 0.29) is 0 Å². The maximum Gasteiger partial charge on any atom is 0.0375 e. The van der Waals surface area contributed by atoms with E-state index in [1.165, 1.54) is 17.7 Å². The summed E-state index contributed by atoms with van der Waals surface area (Å²) in [5.74, 6) is 0.729. The number of para-hydroxylation sites is 1. The van der Waals surface area contributed by atoms with Gasteiger partial charge in [-0.25, -0.2) is 0 Å². The lowest BCUT2D eigenvalue weighted by atomic mass is 9.93. The topological polar surface area (TPSA) is 12.0 Å². The quantitative estimate of drug-likeness (QED) is 0.594. The summed E-state index contributed by atoms with van der Waals surface area (Å²) in [7, 11) is 0. The minimum Gasteiger partial charge on any atom is -0.385 e. The van der Waals surface area contributed by atoms with Gasteiger partial charge in [-0.15, -0.1) is 0 Å². The van der Waals surface area contributed by atoms with Crippen LogP contribution < -0.4 is 5.32 Å². The molecule has 0 aliphatic carbocycles. The largest absolute Gasteiger partial charge is 0.385 e. The molecule has 1 aliphatic rings. The van der Waals surface area contributed by atoms with Crippen LogP contribution in [0.4, 0.5) is 5.69 Å². The van der Waals surface area contributed by atoms with E-state index in [9.17, 15) is 0 Å². The number of rotatable bonds is 0. The van der Waals surface area contributed by atoms with Gasteiger partial charge in [0.1, 0.15) is 0 Å². The van der Waals surface area contributed by atoms with Gasteiger partial charge in [0, 0.05) is 12.2 Å². The fourth-order valence-electron chi connectivity index (χ4n) is 1.67. The van der Waals surface area contributed by atoms with Gasteiger partial charge in [0.15, 0.2) is 0 Å². The molecule has 11 heavy (non-hydrogen) atoms.